The van der Waals surface area contributed by atoms with Gasteiger partial charge in [-0.3, -0.25) is 4.79 Å². The van der Waals surface area contributed by atoms with Crippen LogP contribution in [-0.4, -0.2) is 12.6 Å². The Bertz CT molecular complexity index is 256. The molecule has 0 unspecified atom stereocenters. The molecule has 0 amide bonds. The van der Waals surface area contributed by atoms with E-state index in [2.05, 4.69) is 6.92 Å². The summed E-state index contributed by atoms with van der Waals surface area (Å²) in [6.07, 6.45) is 21.0. The van der Waals surface area contributed by atoms with Crippen molar-refractivity contribution in [1.82, 2.24) is 0 Å². The van der Waals surface area contributed by atoms with Crippen LogP contribution >= 0.6 is 0 Å². The van der Waals surface area contributed by atoms with Gasteiger partial charge in [0.25, 0.3) is 0 Å². The molecule has 1 rings (SSSR count). The first-order valence-corrected chi connectivity index (χ1v) is 9.83. The minimum atomic E-state index is -0.0925. The Balaban J connectivity index is 1.80. The zero-order valence-corrected chi connectivity index (χ0v) is 14.8. The summed E-state index contributed by atoms with van der Waals surface area (Å²) in [6.45, 7) is 2.91. The molecule has 1 aliphatic rings. The summed E-state index contributed by atoms with van der Waals surface area (Å²) in [4.78, 5) is 11.6. The summed E-state index contributed by atoms with van der Waals surface area (Å²) in [7, 11) is 0. The molecule has 0 spiro atoms. The molecule has 0 N–H and O–H groups in total. The summed E-state index contributed by atoms with van der Waals surface area (Å²) in [5, 5.41) is 0. The number of carbonyl (C=O) groups is 1. The van der Waals surface area contributed by atoms with Crippen LogP contribution in [-0.2, 0) is 9.53 Å². The van der Waals surface area contributed by atoms with E-state index in [0.717, 1.165) is 12.8 Å². The van der Waals surface area contributed by atoms with Gasteiger partial charge in [-0.05, 0) is 25.2 Å². The molecule has 0 saturated heterocycles. The molecular formula is C20H37O2. The molecule has 0 aromatic heterocycles. The van der Waals surface area contributed by atoms with E-state index in [4.69, 9.17) is 4.74 Å². The third-order valence-corrected chi connectivity index (χ3v) is 4.80. The molecule has 0 aliphatic heterocycles. The van der Waals surface area contributed by atoms with Gasteiger partial charge < -0.3 is 4.74 Å². The summed E-state index contributed by atoms with van der Waals surface area (Å²) in [5.74, 6) is 0.531. The molecule has 0 bridgehead atoms. The lowest BCUT2D eigenvalue weighted by molar-refractivity contribution is -0.141. The molecule has 0 heterocycles. The molecule has 1 fully saturated rings. The maximum absolute atomic E-state index is 11.6. The molecule has 2 nitrogen and oxygen atoms in total. The monoisotopic (exact) mass is 309 g/mol. The molecule has 1 aliphatic carbocycles. The standard InChI is InChI=1S/C20H37O2/c1-2-3-4-5-6-7-8-9-10-14-17-20(21)22-18-19-15-12-11-13-16-19/h17,19H,2-16,18H2,1H3. The van der Waals surface area contributed by atoms with Crippen molar-refractivity contribution in [3.8, 4) is 0 Å². The van der Waals surface area contributed by atoms with E-state index in [1.54, 1.807) is 6.42 Å². The van der Waals surface area contributed by atoms with Crippen molar-refractivity contribution in [1.29, 1.82) is 0 Å². The average Bonchev–Trinajstić information content (AvgIpc) is 2.55. The van der Waals surface area contributed by atoms with Crippen LogP contribution in [0.4, 0.5) is 0 Å². The highest BCUT2D eigenvalue weighted by Gasteiger charge is 2.15. The maximum Gasteiger partial charge on any atom is 0.309 e. The van der Waals surface area contributed by atoms with Crippen LogP contribution in [0, 0.1) is 12.3 Å². The van der Waals surface area contributed by atoms with Crippen molar-refractivity contribution in [2.24, 2.45) is 5.92 Å². The molecule has 1 saturated carbocycles. The SMILES string of the molecule is CCCCCCCCCCC[CH]C(=O)OCC1CCCCC1. The highest BCUT2D eigenvalue weighted by molar-refractivity contribution is 5.78. The molecule has 0 atom stereocenters. The van der Waals surface area contributed by atoms with Crippen molar-refractivity contribution in [3.63, 3.8) is 0 Å². The number of carbonyl (C=O) groups excluding carboxylic acids is 1. The lowest BCUT2D eigenvalue weighted by atomic mass is 9.90. The number of unbranched alkanes of at least 4 members (excludes halogenated alkanes) is 9. The minimum Gasteiger partial charge on any atom is -0.465 e. The van der Waals surface area contributed by atoms with Gasteiger partial charge in [-0.15, -0.1) is 0 Å². The van der Waals surface area contributed by atoms with E-state index in [1.807, 2.05) is 0 Å². The zero-order valence-electron chi connectivity index (χ0n) is 14.8. The Morgan fingerprint density at radius 2 is 1.50 bits per heavy atom. The van der Waals surface area contributed by atoms with E-state index in [0.29, 0.717) is 12.5 Å². The fourth-order valence-electron chi connectivity index (χ4n) is 3.29. The number of ether oxygens (including phenoxy) is 1. The Morgan fingerprint density at radius 3 is 2.14 bits per heavy atom. The first kappa shape index (κ1) is 19.5. The second-order valence-corrected chi connectivity index (χ2v) is 6.96. The van der Waals surface area contributed by atoms with Crippen molar-refractivity contribution in [2.45, 2.75) is 103 Å². The van der Waals surface area contributed by atoms with Crippen LogP contribution in [0.1, 0.15) is 103 Å². The normalized spacial score (nSPS) is 15.9. The van der Waals surface area contributed by atoms with Crippen LogP contribution in [0.3, 0.4) is 0 Å². The van der Waals surface area contributed by atoms with E-state index in [-0.39, 0.29) is 5.97 Å². The Kier molecular flexibility index (Phi) is 12.5. The third-order valence-electron chi connectivity index (χ3n) is 4.80. The third kappa shape index (κ3) is 11.1. The van der Waals surface area contributed by atoms with Crippen molar-refractivity contribution < 1.29 is 9.53 Å². The highest BCUT2D eigenvalue weighted by atomic mass is 16.5. The van der Waals surface area contributed by atoms with Gasteiger partial charge in [-0.2, -0.15) is 0 Å². The van der Waals surface area contributed by atoms with Crippen LogP contribution in [0.5, 0.6) is 0 Å². The molecular weight excluding hydrogens is 272 g/mol. The Labute approximate surface area is 138 Å². The average molecular weight is 310 g/mol. The molecule has 0 aromatic carbocycles. The molecule has 1 radical (unpaired) electrons. The van der Waals surface area contributed by atoms with E-state index < -0.39 is 0 Å². The van der Waals surface area contributed by atoms with Crippen LogP contribution in [0.15, 0.2) is 0 Å². The van der Waals surface area contributed by atoms with Crippen LogP contribution < -0.4 is 0 Å². The van der Waals surface area contributed by atoms with Gasteiger partial charge in [0.2, 0.25) is 0 Å². The number of hydrogen-bond donors (Lipinski definition) is 0. The number of esters is 1. The van der Waals surface area contributed by atoms with Crippen molar-refractivity contribution in [3.05, 3.63) is 6.42 Å². The number of hydrogen-bond acceptors (Lipinski definition) is 2. The fraction of sp³-hybridized carbons (Fsp3) is 0.900. The highest BCUT2D eigenvalue weighted by Crippen LogP contribution is 2.23. The van der Waals surface area contributed by atoms with Gasteiger partial charge in [-0.25, -0.2) is 0 Å². The summed E-state index contributed by atoms with van der Waals surface area (Å²) >= 11 is 0. The lowest BCUT2D eigenvalue weighted by Crippen LogP contribution is -2.16. The van der Waals surface area contributed by atoms with E-state index in [9.17, 15) is 4.79 Å². The van der Waals surface area contributed by atoms with Gasteiger partial charge in [0.05, 0.1) is 13.0 Å². The van der Waals surface area contributed by atoms with Crippen LogP contribution in [0.2, 0.25) is 0 Å². The maximum atomic E-state index is 11.6. The smallest absolute Gasteiger partial charge is 0.309 e. The summed E-state index contributed by atoms with van der Waals surface area (Å²) in [5.41, 5.74) is 0. The van der Waals surface area contributed by atoms with Gasteiger partial charge in [0.15, 0.2) is 0 Å². The Morgan fingerprint density at radius 1 is 0.909 bits per heavy atom. The number of rotatable bonds is 13. The summed E-state index contributed by atoms with van der Waals surface area (Å²) in [6, 6.07) is 0. The van der Waals surface area contributed by atoms with Gasteiger partial charge in [-0.1, -0.05) is 84.0 Å². The minimum absolute atomic E-state index is 0.0925. The first-order valence-electron chi connectivity index (χ1n) is 9.83. The predicted octanol–water partition coefficient (Wildman–Crippen LogP) is 6.24. The quantitative estimate of drug-likeness (QED) is 0.297. The zero-order chi connectivity index (χ0) is 15.9. The second kappa shape index (κ2) is 14.1. The first-order chi connectivity index (χ1) is 10.8. The van der Waals surface area contributed by atoms with Gasteiger partial charge in [0.1, 0.15) is 0 Å². The van der Waals surface area contributed by atoms with Crippen LogP contribution in [0.25, 0.3) is 0 Å². The van der Waals surface area contributed by atoms with Crippen molar-refractivity contribution >= 4 is 5.97 Å². The Hall–Kier alpha value is -0.530. The largest absolute Gasteiger partial charge is 0.465 e. The van der Waals surface area contributed by atoms with Gasteiger partial charge in [0, 0.05) is 0 Å². The fourth-order valence-corrected chi connectivity index (χ4v) is 3.29. The molecule has 129 valence electrons. The molecule has 22 heavy (non-hydrogen) atoms. The van der Waals surface area contributed by atoms with E-state index in [1.165, 1.54) is 83.5 Å². The van der Waals surface area contributed by atoms with Gasteiger partial charge >= 0.3 is 5.97 Å². The molecule has 0 aromatic rings. The molecule has 2 heteroatoms. The predicted molar refractivity (Wildman–Crippen MR) is 93.7 cm³/mol. The van der Waals surface area contributed by atoms with Crippen molar-refractivity contribution in [2.75, 3.05) is 6.61 Å². The topological polar surface area (TPSA) is 26.3 Å². The second-order valence-electron chi connectivity index (χ2n) is 6.96. The summed E-state index contributed by atoms with van der Waals surface area (Å²) < 4.78 is 5.37. The van der Waals surface area contributed by atoms with E-state index >= 15 is 0 Å². The lowest BCUT2D eigenvalue weighted by Gasteiger charge is -2.20.